The van der Waals surface area contributed by atoms with Crippen LogP contribution in [0.4, 0.5) is 5.69 Å². The number of methoxy groups -OCH3 is 1. The van der Waals surface area contributed by atoms with Crippen LogP contribution in [-0.4, -0.2) is 20.7 Å². The number of anilines is 1. The van der Waals surface area contributed by atoms with Crippen molar-refractivity contribution in [2.24, 2.45) is 5.41 Å². The van der Waals surface area contributed by atoms with Gasteiger partial charge in [-0.05, 0) is 38.8 Å². The molecule has 0 spiro atoms. The minimum Gasteiger partial charge on any atom is -0.495 e. The first-order chi connectivity index (χ1) is 9.00. The van der Waals surface area contributed by atoms with Crippen molar-refractivity contribution in [3.63, 3.8) is 0 Å². The highest BCUT2D eigenvalue weighted by Gasteiger charge is 2.15. The van der Waals surface area contributed by atoms with Crippen LogP contribution in [-0.2, 0) is 0 Å². The van der Waals surface area contributed by atoms with Crippen molar-refractivity contribution in [1.82, 2.24) is 0 Å². The van der Waals surface area contributed by atoms with Gasteiger partial charge < -0.3 is 9.64 Å². The van der Waals surface area contributed by atoms with Gasteiger partial charge in [0, 0.05) is 13.6 Å². The lowest BCUT2D eigenvalue weighted by molar-refractivity contribution is 0.413. The normalized spacial score (nSPS) is 10.9. The van der Waals surface area contributed by atoms with Crippen molar-refractivity contribution in [3.8, 4) is 11.8 Å². The number of nitriles is 1. The van der Waals surface area contributed by atoms with Crippen LogP contribution >= 0.6 is 0 Å². The summed E-state index contributed by atoms with van der Waals surface area (Å²) in [5, 5.41) is 8.97. The van der Waals surface area contributed by atoms with Crippen molar-refractivity contribution >= 4 is 5.69 Å². The van der Waals surface area contributed by atoms with E-state index in [0.29, 0.717) is 0 Å². The van der Waals surface area contributed by atoms with Gasteiger partial charge in [-0.15, -0.1) is 0 Å². The maximum Gasteiger partial charge on any atom is 0.142 e. The summed E-state index contributed by atoms with van der Waals surface area (Å²) >= 11 is 0. The Morgan fingerprint density at radius 1 is 1.26 bits per heavy atom. The Bertz CT molecular complexity index is 435. The third-order valence-electron chi connectivity index (χ3n) is 3.34. The van der Waals surface area contributed by atoms with Gasteiger partial charge in [0.15, 0.2) is 0 Å². The molecule has 1 aromatic carbocycles. The second-order valence-electron chi connectivity index (χ2n) is 5.55. The van der Waals surface area contributed by atoms with Gasteiger partial charge >= 0.3 is 0 Å². The minimum absolute atomic E-state index is 0.205. The van der Waals surface area contributed by atoms with E-state index in [1.54, 1.807) is 7.11 Å². The molecule has 0 aliphatic heterocycles. The lowest BCUT2D eigenvalue weighted by Gasteiger charge is -2.22. The molecule has 0 aliphatic carbocycles. The van der Waals surface area contributed by atoms with Crippen LogP contribution in [0.5, 0.6) is 5.75 Å². The summed E-state index contributed by atoms with van der Waals surface area (Å²) in [7, 11) is 3.77. The summed E-state index contributed by atoms with van der Waals surface area (Å²) in [6, 6.07) is 10.4. The summed E-state index contributed by atoms with van der Waals surface area (Å²) < 4.78 is 5.36. The molecule has 0 atom stereocenters. The first-order valence-corrected chi connectivity index (χ1v) is 6.75. The number of hydrogen-bond acceptors (Lipinski definition) is 3. The van der Waals surface area contributed by atoms with Crippen molar-refractivity contribution in [2.45, 2.75) is 33.1 Å². The average molecular weight is 260 g/mol. The standard InChI is InChI=1S/C16H24N2O/c1-16(2,13-17)11-7-8-12-18(3)14-9-5-6-10-15(14)19-4/h5-6,9-10H,7-8,11-12H2,1-4H3. The third kappa shape index (κ3) is 4.82. The maximum absolute atomic E-state index is 8.97. The molecule has 104 valence electrons. The zero-order valence-corrected chi connectivity index (χ0v) is 12.4. The average Bonchev–Trinajstić information content (AvgIpc) is 2.43. The molecule has 0 saturated carbocycles. The molecule has 0 amide bonds. The van der Waals surface area contributed by atoms with Crippen molar-refractivity contribution < 1.29 is 4.74 Å². The quantitative estimate of drug-likeness (QED) is 0.699. The summed E-state index contributed by atoms with van der Waals surface area (Å²) in [5.74, 6) is 0.905. The second kappa shape index (κ2) is 7.04. The molecule has 0 unspecified atom stereocenters. The summed E-state index contributed by atoms with van der Waals surface area (Å²) in [4.78, 5) is 2.21. The Kier molecular flexibility index (Phi) is 5.69. The summed E-state index contributed by atoms with van der Waals surface area (Å²) in [5.41, 5.74) is 0.910. The van der Waals surface area contributed by atoms with E-state index in [-0.39, 0.29) is 5.41 Å². The lowest BCUT2D eigenvalue weighted by atomic mass is 9.89. The number of hydrogen-bond donors (Lipinski definition) is 0. The van der Waals surface area contributed by atoms with Crippen molar-refractivity contribution in [2.75, 3.05) is 25.6 Å². The fourth-order valence-electron chi connectivity index (χ4n) is 2.04. The molecule has 0 aromatic heterocycles. The van der Waals surface area contributed by atoms with Crippen molar-refractivity contribution in [1.29, 1.82) is 5.26 Å². The highest BCUT2D eigenvalue weighted by Crippen LogP contribution is 2.27. The Morgan fingerprint density at radius 2 is 1.95 bits per heavy atom. The van der Waals surface area contributed by atoms with Crippen molar-refractivity contribution in [3.05, 3.63) is 24.3 Å². The molecule has 0 heterocycles. The zero-order valence-electron chi connectivity index (χ0n) is 12.4. The molecular weight excluding hydrogens is 236 g/mol. The number of ether oxygens (including phenoxy) is 1. The topological polar surface area (TPSA) is 36.3 Å². The third-order valence-corrected chi connectivity index (χ3v) is 3.34. The maximum atomic E-state index is 8.97. The van der Waals surface area contributed by atoms with Gasteiger partial charge in [0.25, 0.3) is 0 Å². The van der Waals surface area contributed by atoms with Crippen LogP contribution in [0.15, 0.2) is 24.3 Å². The Balaban J connectivity index is 2.44. The number of para-hydroxylation sites is 2. The van der Waals surface area contributed by atoms with Crippen LogP contribution in [0, 0.1) is 16.7 Å². The smallest absolute Gasteiger partial charge is 0.142 e. The van der Waals surface area contributed by atoms with Gasteiger partial charge in [-0.1, -0.05) is 18.6 Å². The largest absolute Gasteiger partial charge is 0.495 e. The van der Waals surface area contributed by atoms with E-state index in [9.17, 15) is 0 Å². The Labute approximate surface area is 116 Å². The molecule has 1 aromatic rings. The summed E-state index contributed by atoms with van der Waals surface area (Å²) in [6.45, 7) is 4.97. The molecule has 19 heavy (non-hydrogen) atoms. The molecule has 0 aliphatic rings. The SMILES string of the molecule is COc1ccccc1N(C)CCCCC(C)(C)C#N. The summed E-state index contributed by atoms with van der Waals surface area (Å²) in [6.07, 6.45) is 3.10. The van der Waals surface area contributed by atoms with E-state index < -0.39 is 0 Å². The molecule has 0 saturated heterocycles. The Morgan fingerprint density at radius 3 is 2.58 bits per heavy atom. The molecule has 0 fully saturated rings. The molecule has 3 heteroatoms. The highest BCUT2D eigenvalue weighted by atomic mass is 16.5. The minimum atomic E-state index is -0.205. The van der Waals surface area contributed by atoms with Gasteiger partial charge in [0.1, 0.15) is 5.75 Å². The molecule has 1 rings (SSSR count). The van der Waals surface area contributed by atoms with Gasteiger partial charge in [-0.3, -0.25) is 0 Å². The lowest BCUT2D eigenvalue weighted by Crippen LogP contribution is -2.19. The predicted molar refractivity (Wildman–Crippen MR) is 79.5 cm³/mol. The zero-order chi connectivity index (χ0) is 14.3. The first-order valence-electron chi connectivity index (χ1n) is 6.75. The number of unbranched alkanes of at least 4 members (excludes halogenated alkanes) is 1. The van der Waals surface area contributed by atoms with E-state index in [1.807, 2.05) is 32.0 Å². The monoisotopic (exact) mass is 260 g/mol. The van der Waals surface area contributed by atoms with Crippen LogP contribution < -0.4 is 9.64 Å². The van der Waals surface area contributed by atoms with Crippen LogP contribution in [0.25, 0.3) is 0 Å². The van der Waals surface area contributed by atoms with Crippen LogP contribution in [0.3, 0.4) is 0 Å². The van der Waals surface area contributed by atoms with E-state index in [0.717, 1.165) is 37.2 Å². The van der Waals surface area contributed by atoms with E-state index >= 15 is 0 Å². The van der Waals surface area contributed by atoms with E-state index in [4.69, 9.17) is 10.00 Å². The van der Waals surface area contributed by atoms with Gasteiger partial charge in [0.05, 0.1) is 24.3 Å². The molecule has 0 N–H and O–H groups in total. The first kappa shape index (κ1) is 15.4. The number of benzene rings is 1. The van der Waals surface area contributed by atoms with Crippen LogP contribution in [0.2, 0.25) is 0 Å². The van der Waals surface area contributed by atoms with E-state index in [2.05, 4.69) is 24.1 Å². The number of nitrogens with zero attached hydrogens (tertiary/aromatic N) is 2. The Hall–Kier alpha value is -1.69. The molecule has 0 radical (unpaired) electrons. The van der Waals surface area contributed by atoms with Gasteiger partial charge in [-0.2, -0.15) is 5.26 Å². The van der Waals surface area contributed by atoms with Gasteiger partial charge in [-0.25, -0.2) is 0 Å². The molecule has 0 bridgehead atoms. The molecule has 3 nitrogen and oxygen atoms in total. The van der Waals surface area contributed by atoms with Crippen LogP contribution in [0.1, 0.15) is 33.1 Å². The fourth-order valence-corrected chi connectivity index (χ4v) is 2.04. The van der Waals surface area contributed by atoms with Gasteiger partial charge in [0.2, 0.25) is 0 Å². The van der Waals surface area contributed by atoms with E-state index in [1.165, 1.54) is 0 Å². The number of rotatable bonds is 7. The second-order valence-corrected chi connectivity index (χ2v) is 5.55. The predicted octanol–water partition coefficient (Wildman–Crippen LogP) is 3.85. The highest BCUT2D eigenvalue weighted by molar-refractivity contribution is 5.57. The molecular formula is C16H24N2O. The fraction of sp³-hybridized carbons (Fsp3) is 0.562.